The predicted octanol–water partition coefficient (Wildman–Crippen LogP) is 4.05. The van der Waals surface area contributed by atoms with Gasteiger partial charge in [-0.05, 0) is 37.5 Å². The van der Waals surface area contributed by atoms with Crippen LogP contribution in [0.1, 0.15) is 30.7 Å². The molecule has 0 spiro atoms. The summed E-state index contributed by atoms with van der Waals surface area (Å²) < 4.78 is 41.6. The number of carbonyl (C=O) groups excluding carboxylic acids is 1. The van der Waals surface area contributed by atoms with Crippen LogP contribution in [-0.4, -0.2) is 35.4 Å². The lowest BCUT2D eigenvalue weighted by Crippen LogP contribution is -2.37. The standard InChI is InChI=1S/C19H17F3N8O/c1-28-17(11-24)15(10-23)25-18(28)27-26-14-6-5-13(29-7-3-2-4-8-29)9-16(14)30(12-31)19(20,21)22/h5-6,9,12H,2-4,7-8H2,1H3. The van der Waals surface area contributed by atoms with Gasteiger partial charge in [-0.25, -0.2) is 4.90 Å². The number of amides is 1. The molecule has 1 aromatic heterocycles. The van der Waals surface area contributed by atoms with Crippen molar-refractivity contribution in [1.29, 1.82) is 10.5 Å². The lowest BCUT2D eigenvalue weighted by atomic mass is 10.1. The predicted molar refractivity (Wildman–Crippen MR) is 104 cm³/mol. The SMILES string of the molecule is Cn1c(N=Nc2ccc(N3CCCCC3)cc2N(C=O)C(F)(F)F)nc(C#N)c1C#N. The smallest absolute Gasteiger partial charge is 0.371 e. The number of piperidine rings is 1. The Labute approximate surface area is 175 Å². The largest absolute Gasteiger partial charge is 0.491 e. The van der Waals surface area contributed by atoms with Gasteiger partial charge in [-0.2, -0.15) is 15.5 Å². The van der Waals surface area contributed by atoms with E-state index in [-0.39, 0.29) is 34.3 Å². The van der Waals surface area contributed by atoms with Gasteiger partial charge >= 0.3 is 6.30 Å². The van der Waals surface area contributed by atoms with Crippen LogP contribution < -0.4 is 9.80 Å². The van der Waals surface area contributed by atoms with Gasteiger partial charge in [0.25, 0.3) is 5.95 Å². The van der Waals surface area contributed by atoms with Gasteiger partial charge in [-0.1, -0.05) is 0 Å². The van der Waals surface area contributed by atoms with Crippen LogP contribution in [0.25, 0.3) is 0 Å². The average molecular weight is 430 g/mol. The van der Waals surface area contributed by atoms with E-state index in [1.165, 1.54) is 23.7 Å². The average Bonchev–Trinajstić information content (AvgIpc) is 3.07. The highest BCUT2D eigenvalue weighted by Crippen LogP contribution is 2.38. The number of anilines is 2. The summed E-state index contributed by atoms with van der Waals surface area (Å²) in [6.07, 6.45) is -2.38. The van der Waals surface area contributed by atoms with Gasteiger partial charge in [0, 0.05) is 25.8 Å². The maximum Gasteiger partial charge on any atom is 0.491 e. The van der Waals surface area contributed by atoms with E-state index in [4.69, 9.17) is 10.5 Å². The van der Waals surface area contributed by atoms with E-state index in [1.54, 1.807) is 18.2 Å². The molecule has 9 nitrogen and oxygen atoms in total. The highest BCUT2D eigenvalue weighted by Gasteiger charge is 2.39. The van der Waals surface area contributed by atoms with Crippen LogP contribution in [0.15, 0.2) is 28.4 Å². The van der Waals surface area contributed by atoms with Crippen molar-refractivity contribution in [3.8, 4) is 12.1 Å². The van der Waals surface area contributed by atoms with Crippen molar-refractivity contribution in [1.82, 2.24) is 9.55 Å². The van der Waals surface area contributed by atoms with Gasteiger partial charge < -0.3 is 9.47 Å². The van der Waals surface area contributed by atoms with Gasteiger partial charge in [-0.3, -0.25) is 4.79 Å². The van der Waals surface area contributed by atoms with E-state index >= 15 is 0 Å². The van der Waals surface area contributed by atoms with Crippen molar-refractivity contribution in [2.24, 2.45) is 17.3 Å². The van der Waals surface area contributed by atoms with E-state index in [1.807, 2.05) is 4.90 Å². The van der Waals surface area contributed by atoms with Crippen LogP contribution in [0, 0.1) is 22.7 Å². The Morgan fingerprint density at radius 3 is 2.42 bits per heavy atom. The molecule has 1 fully saturated rings. The van der Waals surface area contributed by atoms with Gasteiger partial charge in [0.05, 0.1) is 5.69 Å². The first kappa shape index (κ1) is 21.8. The van der Waals surface area contributed by atoms with Crippen LogP contribution in [0.3, 0.4) is 0 Å². The number of nitrogens with zero attached hydrogens (tertiary/aromatic N) is 8. The summed E-state index contributed by atoms with van der Waals surface area (Å²) in [5, 5.41) is 25.8. The molecule has 0 radical (unpaired) electrons. The summed E-state index contributed by atoms with van der Waals surface area (Å²) in [5.74, 6) is -0.135. The van der Waals surface area contributed by atoms with Gasteiger partial charge in [0.15, 0.2) is 11.4 Å². The minimum atomic E-state index is -4.96. The number of hydrogen-bond donors (Lipinski definition) is 0. The number of alkyl halides is 3. The Kier molecular flexibility index (Phi) is 6.20. The zero-order valence-corrected chi connectivity index (χ0v) is 16.5. The molecule has 1 saturated heterocycles. The fraction of sp³-hybridized carbons (Fsp3) is 0.368. The molecule has 1 aliphatic heterocycles. The Balaban J connectivity index is 2.06. The number of benzene rings is 1. The van der Waals surface area contributed by atoms with Crippen LogP contribution >= 0.6 is 0 Å². The number of imidazole rings is 1. The number of azo groups is 1. The lowest BCUT2D eigenvalue weighted by Gasteiger charge is -2.30. The maximum absolute atomic E-state index is 13.5. The van der Waals surface area contributed by atoms with Gasteiger partial charge in [0.2, 0.25) is 6.41 Å². The molecule has 0 saturated carbocycles. The molecule has 0 atom stereocenters. The fourth-order valence-electron chi connectivity index (χ4n) is 3.27. The molecule has 3 rings (SSSR count). The first-order chi connectivity index (χ1) is 14.8. The molecule has 1 aliphatic rings. The number of carbonyl (C=O) groups is 1. The van der Waals surface area contributed by atoms with Crippen molar-refractivity contribution < 1.29 is 18.0 Å². The molecule has 160 valence electrons. The maximum atomic E-state index is 13.5. The minimum Gasteiger partial charge on any atom is -0.371 e. The van der Waals surface area contributed by atoms with Crippen LogP contribution in [0.5, 0.6) is 0 Å². The normalized spacial score (nSPS) is 14.3. The molecule has 0 unspecified atom stereocenters. The van der Waals surface area contributed by atoms with Crippen molar-refractivity contribution >= 4 is 29.4 Å². The summed E-state index contributed by atoms with van der Waals surface area (Å²) in [7, 11) is 1.43. The van der Waals surface area contributed by atoms with E-state index in [9.17, 15) is 18.0 Å². The molecule has 0 N–H and O–H groups in total. The second kappa shape index (κ2) is 8.83. The van der Waals surface area contributed by atoms with Crippen LogP contribution in [-0.2, 0) is 11.8 Å². The third-order valence-electron chi connectivity index (χ3n) is 4.85. The Hall–Kier alpha value is -3.93. The molecule has 1 aromatic carbocycles. The van der Waals surface area contributed by atoms with Crippen molar-refractivity contribution in [3.63, 3.8) is 0 Å². The number of nitriles is 2. The van der Waals surface area contributed by atoms with Crippen molar-refractivity contribution in [2.75, 3.05) is 22.9 Å². The Morgan fingerprint density at radius 2 is 1.87 bits per heavy atom. The number of halogens is 3. The molecule has 31 heavy (non-hydrogen) atoms. The number of hydrogen-bond acceptors (Lipinski definition) is 7. The molecular weight excluding hydrogens is 413 g/mol. The molecule has 1 amide bonds. The Morgan fingerprint density at radius 1 is 1.16 bits per heavy atom. The van der Waals surface area contributed by atoms with Crippen molar-refractivity contribution in [3.05, 3.63) is 29.6 Å². The summed E-state index contributed by atoms with van der Waals surface area (Å²) >= 11 is 0. The lowest BCUT2D eigenvalue weighted by molar-refractivity contribution is -0.141. The second-order valence-electron chi connectivity index (χ2n) is 6.76. The van der Waals surface area contributed by atoms with E-state index in [2.05, 4.69) is 15.2 Å². The minimum absolute atomic E-state index is 0.0538. The van der Waals surface area contributed by atoms with Crippen LogP contribution in [0.2, 0.25) is 0 Å². The van der Waals surface area contributed by atoms with Crippen molar-refractivity contribution in [2.45, 2.75) is 25.6 Å². The highest BCUT2D eigenvalue weighted by atomic mass is 19.4. The first-order valence-corrected chi connectivity index (χ1v) is 9.29. The zero-order chi connectivity index (χ0) is 22.6. The molecule has 2 heterocycles. The summed E-state index contributed by atoms with van der Waals surface area (Å²) in [4.78, 5) is 16.7. The topological polar surface area (TPSA) is 114 Å². The molecule has 0 aliphatic carbocycles. The quantitative estimate of drug-likeness (QED) is 0.403. The van der Waals surface area contributed by atoms with E-state index < -0.39 is 12.0 Å². The van der Waals surface area contributed by atoms with Gasteiger partial charge in [0.1, 0.15) is 17.8 Å². The number of rotatable bonds is 5. The zero-order valence-electron chi connectivity index (χ0n) is 16.5. The van der Waals surface area contributed by atoms with E-state index in [0.29, 0.717) is 18.8 Å². The third kappa shape index (κ3) is 4.48. The first-order valence-electron chi connectivity index (χ1n) is 9.29. The number of aromatic nitrogens is 2. The molecule has 2 aromatic rings. The van der Waals surface area contributed by atoms with Gasteiger partial charge in [-0.15, -0.1) is 23.4 Å². The fourth-order valence-corrected chi connectivity index (χ4v) is 3.27. The monoisotopic (exact) mass is 430 g/mol. The van der Waals surface area contributed by atoms with E-state index in [0.717, 1.165) is 19.3 Å². The molecule has 12 heteroatoms. The second-order valence-corrected chi connectivity index (χ2v) is 6.76. The summed E-state index contributed by atoms with van der Waals surface area (Å²) in [5.41, 5.74) is -0.388. The highest BCUT2D eigenvalue weighted by molar-refractivity contribution is 5.85. The molecule has 0 bridgehead atoms. The molecular formula is C19H17F3N8O. The van der Waals surface area contributed by atoms with Crippen LogP contribution in [0.4, 0.5) is 36.2 Å². The summed E-state index contributed by atoms with van der Waals surface area (Å²) in [6, 6.07) is 7.75. The summed E-state index contributed by atoms with van der Waals surface area (Å²) in [6.45, 7) is 1.41. The Bertz CT molecular complexity index is 1090. The third-order valence-corrected chi connectivity index (χ3v) is 4.85.